The number of carbonyl (C=O) groups is 2. The molecule has 0 atom stereocenters. The normalized spacial score (nSPS) is 13.9. The monoisotopic (exact) mass is 424 g/mol. The van der Waals surface area contributed by atoms with Crippen molar-refractivity contribution in [3.63, 3.8) is 0 Å². The van der Waals surface area contributed by atoms with Crippen molar-refractivity contribution in [2.24, 2.45) is 0 Å². The molecular formula is C22H24N4O5. The predicted molar refractivity (Wildman–Crippen MR) is 112 cm³/mol. The van der Waals surface area contributed by atoms with Gasteiger partial charge < -0.3 is 23.7 Å². The van der Waals surface area contributed by atoms with Gasteiger partial charge in [-0.15, -0.1) is 0 Å². The Morgan fingerprint density at radius 3 is 2.45 bits per heavy atom. The number of hydrogen-bond acceptors (Lipinski definition) is 6. The van der Waals surface area contributed by atoms with Crippen LogP contribution in [0.15, 0.2) is 47.1 Å². The van der Waals surface area contributed by atoms with Crippen LogP contribution in [0.1, 0.15) is 16.1 Å². The molecule has 0 unspecified atom stereocenters. The molecule has 3 heterocycles. The van der Waals surface area contributed by atoms with Gasteiger partial charge in [-0.25, -0.2) is 0 Å². The van der Waals surface area contributed by atoms with Crippen LogP contribution in [-0.4, -0.2) is 72.2 Å². The van der Waals surface area contributed by atoms with Crippen molar-refractivity contribution < 1.29 is 23.5 Å². The van der Waals surface area contributed by atoms with Crippen molar-refractivity contribution in [3.05, 3.63) is 53.9 Å². The van der Waals surface area contributed by atoms with Gasteiger partial charge in [-0.05, 0) is 29.8 Å². The SMILES string of the molecule is COc1ccc(CC(=O)N2CCN(C(=O)c3cc(-c4ccco4)[nH]n3)CC2)cc1OC. The Bertz CT molecular complexity index is 1050. The molecule has 1 aromatic carbocycles. The van der Waals surface area contributed by atoms with Crippen LogP contribution in [0.2, 0.25) is 0 Å². The number of furan rings is 1. The van der Waals surface area contributed by atoms with Gasteiger partial charge in [-0.3, -0.25) is 14.7 Å². The van der Waals surface area contributed by atoms with Gasteiger partial charge in [0.25, 0.3) is 5.91 Å². The van der Waals surface area contributed by atoms with Crippen LogP contribution < -0.4 is 9.47 Å². The Hall–Kier alpha value is -3.75. The highest BCUT2D eigenvalue weighted by atomic mass is 16.5. The Morgan fingerprint density at radius 1 is 1.03 bits per heavy atom. The first-order valence-electron chi connectivity index (χ1n) is 9.96. The maximum absolute atomic E-state index is 12.8. The van der Waals surface area contributed by atoms with Crippen LogP contribution in [0, 0.1) is 0 Å². The summed E-state index contributed by atoms with van der Waals surface area (Å²) in [5.74, 6) is 1.69. The fourth-order valence-corrected chi connectivity index (χ4v) is 3.59. The number of H-pyrrole nitrogens is 1. The molecule has 2 aromatic heterocycles. The third kappa shape index (κ3) is 4.40. The highest BCUT2D eigenvalue weighted by Gasteiger charge is 2.26. The number of rotatable bonds is 6. The van der Waals surface area contributed by atoms with E-state index in [0.717, 1.165) is 5.56 Å². The van der Waals surface area contributed by atoms with Crippen molar-refractivity contribution in [2.75, 3.05) is 40.4 Å². The van der Waals surface area contributed by atoms with E-state index in [4.69, 9.17) is 13.9 Å². The van der Waals surface area contributed by atoms with Crippen LogP contribution >= 0.6 is 0 Å². The van der Waals surface area contributed by atoms with E-state index in [1.54, 1.807) is 54.5 Å². The lowest BCUT2D eigenvalue weighted by molar-refractivity contribution is -0.131. The number of ether oxygens (including phenoxy) is 2. The van der Waals surface area contributed by atoms with Crippen molar-refractivity contribution in [3.8, 4) is 23.0 Å². The molecule has 1 fully saturated rings. The molecule has 4 rings (SSSR count). The van der Waals surface area contributed by atoms with E-state index in [9.17, 15) is 9.59 Å². The topological polar surface area (TPSA) is 101 Å². The minimum absolute atomic E-state index is 0.0131. The predicted octanol–water partition coefficient (Wildman–Crippen LogP) is 2.21. The summed E-state index contributed by atoms with van der Waals surface area (Å²) < 4.78 is 15.9. The summed E-state index contributed by atoms with van der Waals surface area (Å²) in [4.78, 5) is 29.0. The number of methoxy groups -OCH3 is 2. The number of nitrogens with one attached hydrogen (secondary N) is 1. The second-order valence-electron chi connectivity index (χ2n) is 7.18. The van der Waals surface area contributed by atoms with Gasteiger partial charge >= 0.3 is 0 Å². The van der Waals surface area contributed by atoms with Gasteiger partial charge in [0.15, 0.2) is 23.0 Å². The summed E-state index contributed by atoms with van der Waals surface area (Å²) in [7, 11) is 3.14. The second kappa shape index (κ2) is 8.95. The van der Waals surface area contributed by atoms with Crippen LogP contribution in [-0.2, 0) is 11.2 Å². The lowest BCUT2D eigenvalue weighted by Crippen LogP contribution is -2.51. The largest absolute Gasteiger partial charge is 0.493 e. The summed E-state index contributed by atoms with van der Waals surface area (Å²) in [5, 5.41) is 6.93. The third-order valence-electron chi connectivity index (χ3n) is 5.31. The van der Waals surface area contributed by atoms with Crippen LogP contribution in [0.4, 0.5) is 0 Å². The Balaban J connectivity index is 1.33. The second-order valence-corrected chi connectivity index (χ2v) is 7.18. The zero-order valence-corrected chi connectivity index (χ0v) is 17.5. The van der Waals surface area contributed by atoms with Gasteiger partial charge in [0.1, 0.15) is 5.69 Å². The van der Waals surface area contributed by atoms with Crippen molar-refractivity contribution in [1.29, 1.82) is 0 Å². The molecule has 9 nitrogen and oxygen atoms in total. The molecule has 3 aromatic rings. The summed E-state index contributed by atoms with van der Waals surface area (Å²) in [5.41, 5.74) is 1.83. The molecule has 0 aliphatic carbocycles. The zero-order valence-electron chi connectivity index (χ0n) is 17.5. The first-order valence-corrected chi connectivity index (χ1v) is 9.96. The highest BCUT2D eigenvalue weighted by molar-refractivity contribution is 5.93. The molecule has 1 saturated heterocycles. The highest BCUT2D eigenvalue weighted by Crippen LogP contribution is 2.28. The van der Waals surface area contributed by atoms with E-state index < -0.39 is 0 Å². The van der Waals surface area contributed by atoms with E-state index in [1.165, 1.54) is 0 Å². The van der Waals surface area contributed by atoms with E-state index in [0.29, 0.717) is 54.8 Å². The van der Waals surface area contributed by atoms with Gasteiger partial charge in [-0.2, -0.15) is 5.10 Å². The average Bonchev–Trinajstić information content (AvgIpc) is 3.50. The van der Waals surface area contributed by atoms with Crippen molar-refractivity contribution in [2.45, 2.75) is 6.42 Å². The smallest absolute Gasteiger partial charge is 0.274 e. The molecule has 1 aliphatic rings. The van der Waals surface area contributed by atoms with Crippen molar-refractivity contribution >= 4 is 11.8 Å². The van der Waals surface area contributed by atoms with Crippen LogP contribution in [0.25, 0.3) is 11.5 Å². The maximum atomic E-state index is 12.8. The minimum Gasteiger partial charge on any atom is -0.493 e. The molecule has 0 radical (unpaired) electrons. The van der Waals surface area contributed by atoms with Gasteiger partial charge in [0.2, 0.25) is 5.91 Å². The Labute approximate surface area is 179 Å². The van der Waals surface area contributed by atoms with Crippen LogP contribution in [0.5, 0.6) is 11.5 Å². The zero-order chi connectivity index (χ0) is 21.8. The first kappa shape index (κ1) is 20.5. The molecule has 31 heavy (non-hydrogen) atoms. The van der Waals surface area contributed by atoms with Gasteiger partial charge in [-0.1, -0.05) is 6.07 Å². The summed E-state index contributed by atoms with van der Waals surface area (Å²) in [6.45, 7) is 1.87. The fraction of sp³-hybridized carbons (Fsp3) is 0.318. The number of hydrogen-bond donors (Lipinski definition) is 1. The van der Waals surface area contributed by atoms with Gasteiger partial charge in [0, 0.05) is 32.2 Å². The first-order chi connectivity index (χ1) is 15.1. The number of benzene rings is 1. The summed E-state index contributed by atoms with van der Waals surface area (Å²) >= 11 is 0. The molecule has 9 heteroatoms. The van der Waals surface area contributed by atoms with E-state index >= 15 is 0 Å². The number of piperazine rings is 1. The van der Waals surface area contributed by atoms with E-state index in [1.807, 2.05) is 12.1 Å². The molecule has 2 amide bonds. The summed E-state index contributed by atoms with van der Waals surface area (Å²) in [6, 6.07) is 10.7. The molecule has 1 aliphatic heterocycles. The lowest BCUT2D eigenvalue weighted by atomic mass is 10.1. The molecule has 0 bridgehead atoms. The Kier molecular flexibility index (Phi) is 5.92. The molecule has 0 saturated carbocycles. The standard InChI is InChI=1S/C22H24N4O5/c1-29-19-6-5-15(12-20(19)30-2)13-21(27)25-7-9-26(10-8-25)22(28)17-14-16(23-24-17)18-4-3-11-31-18/h3-6,11-12,14H,7-10,13H2,1-2H3,(H,23,24). The molecule has 162 valence electrons. The minimum atomic E-state index is -0.166. The number of aromatic nitrogens is 2. The molecular weight excluding hydrogens is 400 g/mol. The lowest BCUT2D eigenvalue weighted by Gasteiger charge is -2.34. The van der Waals surface area contributed by atoms with Gasteiger partial charge in [0.05, 0.1) is 26.9 Å². The summed E-state index contributed by atoms with van der Waals surface area (Å²) in [6.07, 6.45) is 1.83. The fourth-order valence-electron chi connectivity index (χ4n) is 3.59. The number of carbonyl (C=O) groups excluding carboxylic acids is 2. The number of nitrogens with zero attached hydrogens (tertiary/aromatic N) is 3. The van der Waals surface area contributed by atoms with E-state index in [2.05, 4.69) is 10.2 Å². The third-order valence-corrected chi connectivity index (χ3v) is 5.31. The Morgan fingerprint density at radius 2 is 1.77 bits per heavy atom. The average molecular weight is 424 g/mol. The van der Waals surface area contributed by atoms with E-state index in [-0.39, 0.29) is 18.2 Å². The van der Waals surface area contributed by atoms with Crippen LogP contribution in [0.3, 0.4) is 0 Å². The van der Waals surface area contributed by atoms with Crippen molar-refractivity contribution in [1.82, 2.24) is 20.0 Å². The molecule has 0 spiro atoms. The number of amides is 2. The maximum Gasteiger partial charge on any atom is 0.274 e. The number of aromatic amines is 1. The quantitative estimate of drug-likeness (QED) is 0.651. The molecule has 1 N–H and O–H groups in total.